The van der Waals surface area contributed by atoms with E-state index in [1.54, 1.807) is 17.7 Å². The van der Waals surface area contributed by atoms with Gasteiger partial charge in [0.1, 0.15) is 10.2 Å². The minimum atomic E-state index is 0.315. The fraction of sp³-hybridized carbons (Fsp3) is 0.0526. The molecule has 0 saturated carbocycles. The molecule has 0 radical (unpaired) electrons. The molecule has 0 bridgehead atoms. The van der Waals surface area contributed by atoms with Gasteiger partial charge in [0, 0.05) is 28.1 Å². The van der Waals surface area contributed by atoms with Crippen molar-refractivity contribution >= 4 is 46.1 Å². The van der Waals surface area contributed by atoms with Crippen LogP contribution < -0.4 is 0 Å². The Kier molecular flexibility index (Phi) is 5.00. The summed E-state index contributed by atoms with van der Waals surface area (Å²) < 4.78 is 1.81. The first-order valence-electron chi connectivity index (χ1n) is 7.77. The van der Waals surface area contributed by atoms with E-state index in [0.717, 1.165) is 32.4 Å². The summed E-state index contributed by atoms with van der Waals surface area (Å²) >= 11 is 19.6. The Morgan fingerprint density at radius 1 is 0.962 bits per heavy atom. The standard InChI is InChI=1S/C19H12Cl3N3S/c20-15-6-4-13(5-7-15)16-10-26-19(24-16)14-3-1-2-12(8-14)9-25-11-23-17(21)18(25)22/h1-8,10-11H,9H2. The normalized spacial score (nSPS) is 11.0. The zero-order chi connectivity index (χ0) is 18.1. The maximum atomic E-state index is 6.15. The Hall–Kier alpha value is -1.85. The molecule has 4 rings (SSSR count). The summed E-state index contributed by atoms with van der Waals surface area (Å²) in [6.07, 6.45) is 1.64. The van der Waals surface area contributed by atoms with Gasteiger partial charge in [0.2, 0.25) is 0 Å². The lowest BCUT2D eigenvalue weighted by atomic mass is 10.1. The molecule has 3 nitrogen and oxygen atoms in total. The first kappa shape index (κ1) is 17.6. The number of aromatic nitrogens is 3. The van der Waals surface area contributed by atoms with Crippen molar-refractivity contribution in [2.24, 2.45) is 0 Å². The van der Waals surface area contributed by atoms with E-state index in [2.05, 4.69) is 22.5 Å². The Balaban J connectivity index is 1.60. The third-order valence-corrected chi connectivity index (χ3v) is 5.82. The molecule has 0 aliphatic rings. The molecule has 0 fully saturated rings. The van der Waals surface area contributed by atoms with Crippen LogP contribution in [0.25, 0.3) is 21.8 Å². The second-order valence-electron chi connectivity index (χ2n) is 5.70. The van der Waals surface area contributed by atoms with E-state index in [0.29, 0.717) is 16.9 Å². The van der Waals surface area contributed by atoms with Crippen LogP contribution in [0.5, 0.6) is 0 Å². The van der Waals surface area contributed by atoms with Gasteiger partial charge in [0.05, 0.1) is 12.0 Å². The van der Waals surface area contributed by atoms with Crippen molar-refractivity contribution in [2.45, 2.75) is 6.54 Å². The molecule has 0 aliphatic carbocycles. The number of hydrogen-bond acceptors (Lipinski definition) is 3. The van der Waals surface area contributed by atoms with Crippen molar-refractivity contribution in [2.75, 3.05) is 0 Å². The predicted molar refractivity (Wildman–Crippen MR) is 109 cm³/mol. The Morgan fingerprint density at radius 2 is 1.77 bits per heavy atom. The molecule has 0 amide bonds. The number of hydrogen-bond donors (Lipinski definition) is 0. The molecule has 0 aliphatic heterocycles. The lowest BCUT2D eigenvalue weighted by Crippen LogP contribution is -1.98. The Labute approximate surface area is 169 Å². The third-order valence-electron chi connectivity index (χ3n) is 3.90. The van der Waals surface area contributed by atoms with Crippen molar-refractivity contribution in [1.82, 2.24) is 14.5 Å². The van der Waals surface area contributed by atoms with E-state index < -0.39 is 0 Å². The van der Waals surface area contributed by atoms with Gasteiger partial charge in [0.15, 0.2) is 5.15 Å². The molecular weight excluding hydrogens is 409 g/mol. The SMILES string of the molecule is Clc1ccc(-c2csc(-c3cccc(Cn4cnc(Cl)c4Cl)c3)n2)cc1. The second-order valence-corrected chi connectivity index (χ2v) is 7.71. The van der Waals surface area contributed by atoms with Gasteiger partial charge in [-0.1, -0.05) is 65.1 Å². The summed E-state index contributed by atoms with van der Waals surface area (Å²) in [4.78, 5) is 8.77. The van der Waals surface area contributed by atoms with Crippen LogP contribution in [0.2, 0.25) is 15.3 Å². The lowest BCUT2D eigenvalue weighted by molar-refractivity contribution is 0.798. The summed E-state index contributed by atoms with van der Waals surface area (Å²) in [7, 11) is 0. The first-order chi connectivity index (χ1) is 12.6. The van der Waals surface area contributed by atoms with Crippen LogP contribution in [0.3, 0.4) is 0 Å². The summed E-state index contributed by atoms with van der Waals surface area (Å²) in [5.41, 5.74) is 4.15. The Morgan fingerprint density at radius 3 is 2.50 bits per heavy atom. The summed E-state index contributed by atoms with van der Waals surface area (Å²) in [6, 6.07) is 15.9. The summed E-state index contributed by atoms with van der Waals surface area (Å²) in [5.74, 6) is 0. The smallest absolute Gasteiger partial charge is 0.166 e. The predicted octanol–water partition coefficient (Wildman–Crippen LogP) is 6.68. The Bertz CT molecular complexity index is 1050. The largest absolute Gasteiger partial charge is 0.316 e. The van der Waals surface area contributed by atoms with Crippen molar-refractivity contribution in [3.63, 3.8) is 0 Å². The molecule has 2 aromatic heterocycles. The average molecular weight is 421 g/mol. The summed E-state index contributed by atoms with van der Waals surface area (Å²) in [5, 5.41) is 4.49. The molecule has 26 heavy (non-hydrogen) atoms. The molecule has 2 aromatic carbocycles. The molecule has 0 atom stereocenters. The maximum Gasteiger partial charge on any atom is 0.166 e. The average Bonchev–Trinajstić information content (AvgIpc) is 3.26. The molecule has 0 spiro atoms. The topological polar surface area (TPSA) is 30.7 Å². The van der Waals surface area contributed by atoms with Crippen LogP contribution in [0, 0.1) is 0 Å². The van der Waals surface area contributed by atoms with Crippen molar-refractivity contribution in [3.8, 4) is 21.8 Å². The number of rotatable bonds is 4. The van der Waals surface area contributed by atoms with Crippen LogP contribution in [0.15, 0.2) is 60.2 Å². The van der Waals surface area contributed by atoms with E-state index in [1.807, 2.05) is 41.0 Å². The minimum absolute atomic E-state index is 0.315. The fourth-order valence-corrected chi connectivity index (χ4v) is 3.87. The monoisotopic (exact) mass is 419 g/mol. The quantitative estimate of drug-likeness (QED) is 0.368. The van der Waals surface area contributed by atoms with Crippen LogP contribution in [0.4, 0.5) is 0 Å². The van der Waals surface area contributed by atoms with Gasteiger partial charge in [-0.05, 0) is 23.8 Å². The van der Waals surface area contributed by atoms with Crippen LogP contribution >= 0.6 is 46.1 Å². The molecule has 130 valence electrons. The molecule has 0 N–H and O–H groups in total. The third kappa shape index (κ3) is 3.64. The van der Waals surface area contributed by atoms with Gasteiger partial charge in [0.25, 0.3) is 0 Å². The maximum absolute atomic E-state index is 6.15. The number of thiazole rings is 1. The van der Waals surface area contributed by atoms with Gasteiger partial charge in [-0.3, -0.25) is 0 Å². The highest BCUT2D eigenvalue weighted by molar-refractivity contribution is 7.13. The highest BCUT2D eigenvalue weighted by Crippen LogP contribution is 2.30. The molecule has 2 heterocycles. The van der Waals surface area contributed by atoms with E-state index in [4.69, 9.17) is 39.8 Å². The zero-order valence-electron chi connectivity index (χ0n) is 13.4. The first-order valence-corrected chi connectivity index (χ1v) is 9.78. The van der Waals surface area contributed by atoms with Gasteiger partial charge in [-0.25, -0.2) is 9.97 Å². The molecule has 0 unspecified atom stereocenters. The number of halogens is 3. The molecule has 4 aromatic rings. The van der Waals surface area contributed by atoms with Gasteiger partial charge in [-0.15, -0.1) is 11.3 Å². The number of benzene rings is 2. The highest BCUT2D eigenvalue weighted by atomic mass is 35.5. The van der Waals surface area contributed by atoms with E-state index >= 15 is 0 Å². The van der Waals surface area contributed by atoms with Crippen molar-refractivity contribution in [3.05, 3.63) is 81.1 Å². The van der Waals surface area contributed by atoms with Gasteiger partial charge >= 0.3 is 0 Å². The summed E-state index contributed by atoms with van der Waals surface area (Å²) in [6.45, 7) is 0.599. The van der Waals surface area contributed by atoms with Crippen molar-refractivity contribution < 1.29 is 0 Å². The molecule has 7 heteroatoms. The zero-order valence-corrected chi connectivity index (χ0v) is 16.4. The van der Waals surface area contributed by atoms with Crippen molar-refractivity contribution in [1.29, 1.82) is 0 Å². The van der Waals surface area contributed by atoms with Crippen LogP contribution in [0.1, 0.15) is 5.56 Å². The van der Waals surface area contributed by atoms with E-state index in [-0.39, 0.29) is 0 Å². The number of nitrogens with zero attached hydrogens (tertiary/aromatic N) is 3. The van der Waals surface area contributed by atoms with Crippen LogP contribution in [-0.4, -0.2) is 14.5 Å². The lowest BCUT2D eigenvalue weighted by Gasteiger charge is -2.06. The van der Waals surface area contributed by atoms with Crippen LogP contribution in [-0.2, 0) is 6.54 Å². The van der Waals surface area contributed by atoms with Gasteiger partial charge in [-0.2, -0.15) is 0 Å². The second kappa shape index (κ2) is 7.41. The minimum Gasteiger partial charge on any atom is -0.316 e. The number of imidazole rings is 1. The molecule has 0 saturated heterocycles. The highest BCUT2D eigenvalue weighted by Gasteiger charge is 2.10. The van der Waals surface area contributed by atoms with E-state index in [9.17, 15) is 0 Å². The van der Waals surface area contributed by atoms with E-state index in [1.165, 1.54) is 0 Å². The van der Waals surface area contributed by atoms with Gasteiger partial charge < -0.3 is 4.57 Å². The fourth-order valence-electron chi connectivity index (χ4n) is 2.61. The molecular formula is C19H12Cl3N3S.